The number of sulfonamides is 1. The van der Waals surface area contributed by atoms with Gasteiger partial charge in [0, 0.05) is 18.2 Å². The molecule has 2 aromatic rings. The van der Waals surface area contributed by atoms with Crippen molar-refractivity contribution in [3.63, 3.8) is 0 Å². The van der Waals surface area contributed by atoms with Crippen LogP contribution < -0.4 is 18.9 Å². The van der Waals surface area contributed by atoms with Crippen LogP contribution in [0, 0.1) is 0 Å². The van der Waals surface area contributed by atoms with Gasteiger partial charge in [0.05, 0.1) is 4.90 Å². The molecule has 0 atom stereocenters. The van der Waals surface area contributed by atoms with Crippen molar-refractivity contribution in [2.24, 2.45) is 0 Å². The summed E-state index contributed by atoms with van der Waals surface area (Å²) in [6.45, 7) is 1.87. The maximum absolute atomic E-state index is 12.2. The highest BCUT2D eigenvalue weighted by atomic mass is 32.2. The van der Waals surface area contributed by atoms with Crippen molar-refractivity contribution in [3.8, 4) is 17.2 Å². The quantitative estimate of drug-likeness (QED) is 0.597. The maximum Gasteiger partial charge on any atom is 0.240 e. The van der Waals surface area contributed by atoms with Gasteiger partial charge in [-0.05, 0) is 31.2 Å². The fourth-order valence-corrected chi connectivity index (χ4v) is 3.28. The van der Waals surface area contributed by atoms with E-state index in [4.69, 9.17) is 14.2 Å². The van der Waals surface area contributed by atoms with Crippen molar-refractivity contribution in [2.45, 2.75) is 11.8 Å². The van der Waals surface area contributed by atoms with Gasteiger partial charge in [0.15, 0.2) is 17.3 Å². The molecule has 1 aliphatic rings. The van der Waals surface area contributed by atoms with Gasteiger partial charge in [-0.2, -0.15) is 0 Å². The van der Waals surface area contributed by atoms with Crippen molar-refractivity contribution < 1.29 is 27.4 Å². The van der Waals surface area contributed by atoms with Gasteiger partial charge < -0.3 is 14.2 Å². The fourth-order valence-electron chi connectivity index (χ4n) is 2.26. The van der Waals surface area contributed by atoms with Crippen LogP contribution in [0.1, 0.15) is 17.3 Å². The van der Waals surface area contributed by atoms with Gasteiger partial charge in [-0.1, -0.05) is 12.1 Å². The maximum atomic E-state index is 12.2. The first kappa shape index (κ1) is 17.2. The summed E-state index contributed by atoms with van der Waals surface area (Å²) in [6, 6.07) is 10.9. The summed E-state index contributed by atoms with van der Waals surface area (Å²) in [6.07, 6.45) is 0. The lowest BCUT2D eigenvalue weighted by Crippen LogP contribution is -2.28. The molecule has 0 saturated heterocycles. The number of carbonyl (C=O) groups is 1. The molecule has 2 aromatic carbocycles. The molecule has 8 heteroatoms. The predicted octanol–water partition coefficient (Wildman–Crippen LogP) is 1.98. The molecule has 0 fully saturated rings. The lowest BCUT2D eigenvalue weighted by molar-refractivity contribution is 0.101. The van der Waals surface area contributed by atoms with E-state index in [9.17, 15) is 13.2 Å². The van der Waals surface area contributed by atoms with Crippen LogP contribution in [-0.4, -0.2) is 34.1 Å². The zero-order valence-corrected chi connectivity index (χ0v) is 14.3. The number of benzene rings is 2. The Balaban J connectivity index is 1.53. The molecular formula is C17H17NO6S. The largest absolute Gasteiger partial charge is 0.492 e. The molecule has 7 nitrogen and oxygen atoms in total. The Morgan fingerprint density at radius 3 is 2.56 bits per heavy atom. The lowest BCUT2D eigenvalue weighted by atomic mass is 10.2. The minimum absolute atomic E-state index is 0.0978. The minimum Gasteiger partial charge on any atom is -0.492 e. The van der Waals surface area contributed by atoms with E-state index < -0.39 is 10.0 Å². The van der Waals surface area contributed by atoms with Gasteiger partial charge in [-0.3, -0.25) is 4.79 Å². The highest BCUT2D eigenvalue weighted by molar-refractivity contribution is 7.89. The standard InChI is InChI=1S/C17H17NO6S/c1-12(19)13-2-5-15(6-3-13)25(20,21)18-8-9-22-14-4-7-16-17(10-14)24-11-23-16/h2-7,10,18H,8-9,11H2,1H3. The van der Waals surface area contributed by atoms with E-state index in [0.717, 1.165) is 0 Å². The van der Waals surface area contributed by atoms with Crippen LogP contribution in [0.5, 0.6) is 17.2 Å². The van der Waals surface area contributed by atoms with Gasteiger partial charge in [0.1, 0.15) is 12.4 Å². The van der Waals surface area contributed by atoms with Crippen LogP contribution in [0.2, 0.25) is 0 Å². The van der Waals surface area contributed by atoms with Crippen LogP contribution in [0.4, 0.5) is 0 Å². The summed E-state index contributed by atoms with van der Waals surface area (Å²) >= 11 is 0. The van der Waals surface area contributed by atoms with Crippen molar-refractivity contribution in [1.82, 2.24) is 4.72 Å². The highest BCUT2D eigenvalue weighted by Gasteiger charge is 2.15. The van der Waals surface area contributed by atoms with Crippen LogP contribution in [-0.2, 0) is 10.0 Å². The Kier molecular flexibility index (Phi) is 4.91. The number of ether oxygens (including phenoxy) is 3. The number of nitrogens with one attached hydrogen (secondary N) is 1. The molecular weight excluding hydrogens is 346 g/mol. The number of fused-ring (bicyclic) bond motifs is 1. The molecule has 1 N–H and O–H groups in total. The predicted molar refractivity (Wildman–Crippen MR) is 89.7 cm³/mol. The third-order valence-electron chi connectivity index (χ3n) is 3.58. The van der Waals surface area contributed by atoms with Gasteiger partial charge in [0.2, 0.25) is 16.8 Å². The number of hydrogen-bond donors (Lipinski definition) is 1. The van der Waals surface area contributed by atoms with E-state index >= 15 is 0 Å². The number of Topliss-reactive ketones (excluding diaryl/α,β-unsaturated/α-hetero) is 1. The number of carbonyl (C=O) groups excluding carboxylic acids is 1. The van der Waals surface area contributed by atoms with E-state index in [0.29, 0.717) is 22.8 Å². The Labute approximate surface area is 145 Å². The third kappa shape index (κ3) is 4.09. The average Bonchev–Trinajstić information content (AvgIpc) is 3.06. The Morgan fingerprint density at radius 2 is 1.84 bits per heavy atom. The summed E-state index contributed by atoms with van der Waals surface area (Å²) < 4.78 is 42.8. The van der Waals surface area contributed by atoms with Gasteiger partial charge in [-0.25, -0.2) is 13.1 Å². The van der Waals surface area contributed by atoms with Crippen molar-refractivity contribution in [3.05, 3.63) is 48.0 Å². The summed E-state index contributed by atoms with van der Waals surface area (Å²) in [5.74, 6) is 1.70. The van der Waals surface area contributed by atoms with Crippen LogP contribution in [0.3, 0.4) is 0 Å². The smallest absolute Gasteiger partial charge is 0.240 e. The SMILES string of the molecule is CC(=O)c1ccc(S(=O)(=O)NCCOc2ccc3c(c2)OCO3)cc1. The van der Waals surface area contributed by atoms with Crippen LogP contribution in [0.25, 0.3) is 0 Å². The summed E-state index contributed by atoms with van der Waals surface area (Å²) in [4.78, 5) is 11.3. The summed E-state index contributed by atoms with van der Waals surface area (Å²) in [5.41, 5.74) is 0.463. The Bertz CT molecular complexity index is 877. The van der Waals surface area contributed by atoms with Crippen molar-refractivity contribution in [1.29, 1.82) is 0 Å². The fraction of sp³-hybridized carbons (Fsp3) is 0.235. The molecule has 1 heterocycles. The molecule has 25 heavy (non-hydrogen) atoms. The van der Waals surface area contributed by atoms with Gasteiger partial charge >= 0.3 is 0 Å². The second-order valence-corrected chi connectivity index (χ2v) is 7.11. The monoisotopic (exact) mass is 363 g/mol. The first-order valence-electron chi connectivity index (χ1n) is 7.59. The second kappa shape index (κ2) is 7.12. The molecule has 132 valence electrons. The molecule has 0 radical (unpaired) electrons. The van der Waals surface area contributed by atoms with Crippen LogP contribution in [0.15, 0.2) is 47.4 Å². The van der Waals surface area contributed by atoms with Crippen molar-refractivity contribution >= 4 is 15.8 Å². The topological polar surface area (TPSA) is 90.9 Å². The molecule has 0 amide bonds. The van der Waals surface area contributed by atoms with E-state index in [-0.39, 0.29) is 30.6 Å². The van der Waals surface area contributed by atoms with E-state index in [1.165, 1.54) is 31.2 Å². The molecule has 0 unspecified atom stereocenters. The number of hydrogen-bond acceptors (Lipinski definition) is 6. The first-order chi connectivity index (χ1) is 12.0. The lowest BCUT2D eigenvalue weighted by Gasteiger charge is -2.09. The normalized spacial score (nSPS) is 12.8. The molecule has 0 bridgehead atoms. The number of rotatable bonds is 7. The van der Waals surface area contributed by atoms with Gasteiger partial charge in [-0.15, -0.1) is 0 Å². The molecule has 0 aromatic heterocycles. The zero-order valence-electron chi connectivity index (χ0n) is 13.5. The van der Waals surface area contributed by atoms with Crippen LogP contribution >= 0.6 is 0 Å². The van der Waals surface area contributed by atoms with E-state index in [1.54, 1.807) is 18.2 Å². The van der Waals surface area contributed by atoms with E-state index in [1.807, 2.05) is 0 Å². The Morgan fingerprint density at radius 1 is 1.12 bits per heavy atom. The molecule has 0 saturated carbocycles. The first-order valence-corrected chi connectivity index (χ1v) is 9.07. The van der Waals surface area contributed by atoms with E-state index in [2.05, 4.69) is 4.72 Å². The summed E-state index contributed by atoms with van der Waals surface area (Å²) in [5, 5.41) is 0. The molecule has 0 aliphatic carbocycles. The average molecular weight is 363 g/mol. The summed E-state index contributed by atoms with van der Waals surface area (Å²) in [7, 11) is -3.65. The van der Waals surface area contributed by atoms with Gasteiger partial charge in [0.25, 0.3) is 0 Å². The minimum atomic E-state index is -3.65. The highest BCUT2D eigenvalue weighted by Crippen LogP contribution is 2.34. The molecule has 3 rings (SSSR count). The van der Waals surface area contributed by atoms with Crippen molar-refractivity contribution in [2.75, 3.05) is 19.9 Å². The Hall–Kier alpha value is -2.58. The number of ketones is 1. The zero-order chi connectivity index (χ0) is 17.9. The molecule has 1 aliphatic heterocycles. The third-order valence-corrected chi connectivity index (χ3v) is 5.05. The molecule has 0 spiro atoms. The second-order valence-electron chi connectivity index (χ2n) is 5.34.